The quantitative estimate of drug-likeness (QED) is 0.763. The number of rotatable bonds is 5. The summed E-state index contributed by atoms with van der Waals surface area (Å²) in [4.78, 5) is 2.55. The highest BCUT2D eigenvalue weighted by Crippen LogP contribution is 2.33. The molecular formula is C19H22ClNO. The van der Waals surface area contributed by atoms with Crippen LogP contribution < -0.4 is 4.74 Å². The maximum absolute atomic E-state index is 6.00. The van der Waals surface area contributed by atoms with Gasteiger partial charge in [0.25, 0.3) is 0 Å². The van der Waals surface area contributed by atoms with Gasteiger partial charge in [0.05, 0.1) is 6.61 Å². The van der Waals surface area contributed by atoms with E-state index >= 15 is 0 Å². The standard InChI is InChI=1S/C19H22ClNO/c1-2-22-18-11-5-15(6-12-18)14-21-13-3-4-19(21)16-7-9-17(20)10-8-16/h5-12,19H,2-4,13-14H2,1H3/t19-/m0/s1. The summed E-state index contributed by atoms with van der Waals surface area (Å²) in [6.07, 6.45) is 2.48. The first-order valence-electron chi connectivity index (χ1n) is 7.97. The van der Waals surface area contributed by atoms with E-state index in [0.717, 1.165) is 23.9 Å². The van der Waals surface area contributed by atoms with E-state index < -0.39 is 0 Å². The van der Waals surface area contributed by atoms with Gasteiger partial charge in [-0.15, -0.1) is 0 Å². The highest BCUT2D eigenvalue weighted by atomic mass is 35.5. The molecule has 0 N–H and O–H groups in total. The van der Waals surface area contributed by atoms with Crippen molar-refractivity contribution in [1.82, 2.24) is 4.90 Å². The van der Waals surface area contributed by atoms with Gasteiger partial charge in [-0.3, -0.25) is 4.90 Å². The molecule has 0 unspecified atom stereocenters. The first kappa shape index (κ1) is 15.4. The lowest BCUT2D eigenvalue weighted by Crippen LogP contribution is -2.22. The Hall–Kier alpha value is -1.51. The number of hydrogen-bond donors (Lipinski definition) is 0. The van der Waals surface area contributed by atoms with Crippen molar-refractivity contribution in [2.75, 3.05) is 13.2 Å². The van der Waals surface area contributed by atoms with E-state index in [0.29, 0.717) is 12.6 Å². The molecule has 2 nitrogen and oxygen atoms in total. The predicted molar refractivity (Wildman–Crippen MR) is 91.4 cm³/mol. The van der Waals surface area contributed by atoms with Crippen molar-refractivity contribution in [3.05, 3.63) is 64.7 Å². The van der Waals surface area contributed by atoms with Crippen molar-refractivity contribution in [3.63, 3.8) is 0 Å². The summed E-state index contributed by atoms with van der Waals surface area (Å²) < 4.78 is 5.51. The Kier molecular flexibility index (Phi) is 5.01. The summed E-state index contributed by atoms with van der Waals surface area (Å²) in [5.41, 5.74) is 2.71. The molecule has 0 saturated carbocycles. The molecule has 2 aromatic rings. The Labute approximate surface area is 137 Å². The second kappa shape index (κ2) is 7.17. The van der Waals surface area contributed by atoms with E-state index in [9.17, 15) is 0 Å². The van der Waals surface area contributed by atoms with Gasteiger partial charge < -0.3 is 4.74 Å². The molecule has 1 fully saturated rings. The second-order valence-corrected chi connectivity index (χ2v) is 6.19. The molecule has 0 spiro atoms. The van der Waals surface area contributed by atoms with Gasteiger partial charge in [-0.25, -0.2) is 0 Å². The molecule has 3 heteroatoms. The maximum Gasteiger partial charge on any atom is 0.119 e. The van der Waals surface area contributed by atoms with E-state index in [1.54, 1.807) is 0 Å². The fourth-order valence-electron chi connectivity index (χ4n) is 3.17. The van der Waals surface area contributed by atoms with Gasteiger partial charge in [0.2, 0.25) is 0 Å². The molecule has 1 saturated heterocycles. The molecular weight excluding hydrogens is 294 g/mol. The van der Waals surface area contributed by atoms with Crippen LogP contribution in [0.1, 0.15) is 36.9 Å². The van der Waals surface area contributed by atoms with Crippen molar-refractivity contribution >= 4 is 11.6 Å². The van der Waals surface area contributed by atoms with E-state index in [4.69, 9.17) is 16.3 Å². The van der Waals surface area contributed by atoms with Crippen LogP contribution in [0.25, 0.3) is 0 Å². The number of hydrogen-bond acceptors (Lipinski definition) is 2. The molecule has 1 atom stereocenters. The van der Waals surface area contributed by atoms with Crippen LogP contribution in [0.2, 0.25) is 5.02 Å². The molecule has 3 rings (SSSR count). The van der Waals surface area contributed by atoms with Crippen molar-refractivity contribution in [2.24, 2.45) is 0 Å². The molecule has 0 aliphatic carbocycles. The van der Waals surface area contributed by atoms with Gasteiger partial charge >= 0.3 is 0 Å². The first-order chi connectivity index (χ1) is 10.8. The molecule has 22 heavy (non-hydrogen) atoms. The molecule has 2 aromatic carbocycles. The number of halogens is 1. The van der Waals surface area contributed by atoms with Crippen LogP contribution in [0.5, 0.6) is 5.75 Å². The lowest BCUT2D eigenvalue weighted by atomic mass is 10.0. The molecule has 0 aromatic heterocycles. The smallest absolute Gasteiger partial charge is 0.119 e. The average Bonchev–Trinajstić information content (AvgIpc) is 2.98. The molecule has 0 bridgehead atoms. The van der Waals surface area contributed by atoms with Crippen LogP contribution in [-0.4, -0.2) is 18.1 Å². The second-order valence-electron chi connectivity index (χ2n) is 5.76. The topological polar surface area (TPSA) is 12.5 Å². The Balaban J connectivity index is 1.69. The van der Waals surface area contributed by atoms with Crippen molar-refractivity contribution in [3.8, 4) is 5.75 Å². The zero-order chi connectivity index (χ0) is 15.4. The SMILES string of the molecule is CCOc1ccc(CN2CCC[C@H]2c2ccc(Cl)cc2)cc1. The highest BCUT2D eigenvalue weighted by Gasteiger charge is 2.25. The van der Waals surface area contributed by atoms with Crippen molar-refractivity contribution in [1.29, 1.82) is 0 Å². The molecule has 1 heterocycles. The van der Waals surface area contributed by atoms with Gasteiger partial charge in [-0.1, -0.05) is 35.9 Å². The van der Waals surface area contributed by atoms with Crippen molar-refractivity contribution in [2.45, 2.75) is 32.4 Å². The normalized spacial score (nSPS) is 18.5. The fourth-order valence-corrected chi connectivity index (χ4v) is 3.30. The Bertz CT molecular complexity index is 594. The molecule has 1 aliphatic rings. The van der Waals surface area contributed by atoms with Crippen LogP contribution in [0.3, 0.4) is 0 Å². The van der Waals surface area contributed by atoms with Gasteiger partial charge in [0.1, 0.15) is 5.75 Å². The average molecular weight is 316 g/mol. The fraction of sp³-hybridized carbons (Fsp3) is 0.368. The van der Waals surface area contributed by atoms with E-state index in [2.05, 4.69) is 41.3 Å². The van der Waals surface area contributed by atoms with Gasteiger partial charge in [0, 0.05) is 17.6 Å². The third kappa shape index (κ3) is 3.63. The van der Waals surface area contributed by atoms with Gasteiger partial charge in [-0.2, -0.15) is 0 Å². The molecule has 116 valence electrons. The predicted octanol–water partition coefficient (Wildman–Crippen LogP) is 5.08. The monoisotopic (exact) mass is 315 g/mol. The third-order valence-corrected chi connectivity index (χ3v) is 4.49. The Morgan fingerprint density at radius 1 is 1.09 bits per heavy atom. The van der Waals surface area contributed by atoms with E-state index in [1.165, 1.54) is 24.0 Å². The van der Waals surface area contributed by atoms with Gasteiger partial charge in [-0.05, 0) is 61.7 Å². The van der Waals surface area contributed by atoms with Crippen LogP contribution in [-0.2, 0) is 6.54 Å². The summed E-state index contributed by atoms with van der Waals surface area (Å²) in [6, 6.07) is 17.3. The summed E-state index contributed by atoms with van der Waals surface area (Å²) >= 11 is 6.00. The van der Waals surface area contributed by atoms with E-state index in [-0.39, 0.29) is 0 Å². The minimum Gasteiger partial charge on any atom is -0.494 e. The summed E-state index contributed by atoms with van der Waals surface area (Å²) in [5.74, 6) is 0.946. The van der Waals surface area contributed by atoms with Crippen LogP contribution in [0.15, 0.2) is 48.5 Å². The van der Waals surface area contributed by atoms with Crippen LogP contribution >= 0.6 is 11.6 Å². The Morgan fingerprint density at radius 3 is 2.50 bits per heavy atom. The number of likely N-dealkylation sites (tertiary alicyclic amines) is 1. The summed E-state index contributed by atoms with van der Waals surface area (Å²) in [6.45, 7) is 4.86. The lowest BCUT2D eigenvalue weighted by Gasteiger charge is -2.25. The van der Waals surface area contributed by atoms with Crippen LogP contribution in [0.4, 0.5) is 0 Å². The maximum atomic E-state index is 6.00. The zero-order valence-corrected chi connectivity index (χ0v) is 13.7. The largest absolute Gasteiger partial charge is 0.494 e. The molecule has 1 aliphatic heterocycles. The lowest BCUT2D eigenvalue weighted by molar-refractivity contribution is 0.248. The van der Waals surface area contributed by atoms with E-state index in [1.807, 2.05) is 19.1 Å². The first-order valence-corrected chi connectivity index (χ1v) is 8.35. The zero-order valence-electron chi connectivity index (χ0n) is 13.0. The highest BCUT2D eigenvalue weighted by molar-refractivity contribution is 6.30. The minimum atomic E-state index is 0.504. The molecule has 0 radical (unpaired) electrons. The summed E-state index contributed by atoms with van der Waals surface area (Å²) in [7, 11) is 0. The minimum absolute atomic E-state index is 0.504. The van der Waals surface area contributed by atoms with Crippen LogP contribution in [0, 0.1) is 0 Å². The third-order valence-electron chi connectivity index (χ3n) is 4.24. The summed E-state index contributed by atoms with van der Waals surface area (Å²) in [5, 5.41) is 0.805. The number of ether oxygens (including phenoxy) is 1. The van der Waals surface area contributed by atoms with Crippen molar-refractivity contribution < 1.29 is 4.74 Å². The van der Waals surface area contributed by atoms with Gasteiger partial charge in [0.15, 0.2) is 0 Å². The Morgan fingerprint density at radius 2 is 1.82 bits per heavy atom. The number of benzene rings is 2. The molecule has 0 amide bonds. The number of nitrogens with zero attached hydrogens (tertiary/aromatic N) is 1.